The van der Waals surface area contributed by atoms with Gasteiger partial charge in [-0.25, -0.2) is 0 Å². The van der Waals surface area contributed by atoms with Crippen LogP contribution in [0.2, 0.25) is 0 Å². The van der Waals surface area contributed by atoms with Crippen LogP contribution in [-0.4, -0.2) is 25.5 Å². The average Bonchev–Trinajstić information content (AvgIpc) is 2.79. The Kier molecular flexibility index (Phi) is 4.65. The topological polar surface area (TPSA) is 76.7 Å². The minimum Gasteiger partial charge on any atom is -0.496 e. The van der Waals surface area contributed by atoms with Gasteiger partial charge in [0.25, 0.3) is 5.91 Å². The standard InChI is InChI=1S/C18H18N2O4/c1-23-15-5-3-2-4-13(15)11-19-18(22)12-6-7-16-14(10-12)20-17(21)8-9-24-16/h2-7,10H,8-9,11H2,1H3,(H,19,22)(H,20,21). The zero-order valence-electron chi connectivity index (χ0n) is 13.3. The summed E-state index contributed by atoms with van der Waals surface area (Å²) in [5.41, 5.74) is 1.86. The molecule has 2 aromatic carbocycles. The summed E-state index contributed by atoms with van der Waals surface area (Å²) in [6.45, 7) is 0.682. The molecule has 0 atom stereocenters. The zero-order chi connectivity index (χ0) is 16.9. The first-order chi connectivity index (χ1) is 11.7. The lowest BCUT2D eigenvalue weighted by atomic mass is 10.1. The number of nitrogens with one attached hydrogen (secondary N) is 2. The summed E-state index contributed by atoms with van der Waals surface area (Å²) < 4.78 is 10.7. The van der Waals surface area contributed by atoms with Gasteiger partial charge in [-0.1, -0.05) is 18.2 Å². The highest BCUT2D eigenvalue weighted by Crippen LogP contribution is 2.28. The summed E-state index contributed by atoms with van der Waals surface area (Å²) in [6, 6.07) is 12.5. The number of para-hydroxylation sites is 1. The highest BCUT2D eigenvalue weighted by atomic mass is 16.5. The van der Waals surface area contributed by atoms with Gasteiger partial charge in [0.1, 0.15) is 11.5 Å². The van der Waals surface area contributed by atoms with E-state index in [0.717, 1.165) is 11.3 Å². The molecular weight excluding hydrogens is 308 g/mol. The number of fused-ring (bicyclic) bond motifs is 1. The van der Waals surface area contributed by atoms with Gasteiger partial charge in [-0.2, -0.15) is 0 Å². The van der Waals surface area contributed by atoms with Crippen molar-refractivity contribution in [1.82, 2.24) is 5.32 Å². The second-order valence-electron chi connectivity index (χ2n) is 5.35. The number of benzene rings is 2. The summed E-state index contributed by atoms with van der Waals surface area (Å²) in [7, 11) is 1.59. The van der Waals surface area contributed by atoms with Crippen molar-refractivity contribution < 1.29 is 19.1 Å². The SMILES string of the molecule is COc1ccccc1CNC(=O)c1ccc2c(c1)NC(=O)CCO2. The maximum absolute atomic E-state index is 12.4. The van der Waals surface area contributed by atoms with Crippen molar-refractivity contribution in [2.24, 2.45) is 0 Å². The van der Waals surface area contributed by atoms with Gasteiger partial charge in [0.2, 0.25) is 5.91 Å². The second-order valence-corrected chi connectivity index (χ2v) is 5.35. The van der Waals surface area contributed by atoms with Gasteiger partial charge in [-0.3, -0.25) is 9.59 Å². The zero-order valence-corrected chi connectivity index (χ0v) is 13.3. The maximum atomic E-state index is 12.4. The van der Waals surface area contributed by atoms with E-state index in [4.69, 9.17) is 9.47 Å². The first-order valence-corrected chi connectivity index (χ1v) is 7.64. The van der Waals surface area contributed by atoms with Crippen molar-refractivity contribution in [3.05, 3.63) is 53.6 Å². The molecule has 2 amide bonds. The Labute approximate surface area is 139 Å². The van der Waals surface area contributed by atoms with Crippen LogP contribution >= 0.6 is 0 Å². The van der Waals surface area contributed by atoms with Crippen LogP contribution < -0.4 is 20.1 Å². The molecule has 0 aliphatic carbocycles. The third-order valence-corrected chi connectivity index (χ3v) is 3.73. The Morgan fingerprint density at radius 1 is 1.29 bits per heavy atom. The van der Waals surface area contributed by atoms with Crippen molar-refractivity contribution >= 4 is 17.5 Å². The first kappa shape index (κ1) is 15.9. The van der Waals surface area contributed by atoms with Gasteiger partial charge in [0.05, 0.1) is 25.8 Å². The van der Waals surface area contributed by atoms with Crippen molar-refractivity contribution in [1.29, 1.82) is 0 Å². The summed E-state index contributed by atoms with van der Waals surface area (Å²) in [5.74, 6) is 0.935. The molecule has 6 heteroatoms. The van der Waals surface area contributed by atoms with Gasteiger partial charge in [0, 0.05) is 17.7 Å². The van der Waals surface area contributed by atoms with Gasteiger partial charge >= 0.3 is 0 Å². The molecule has 1 heterocycles. The van der Waals surface area contributed by atoms with Crippen molar-refractivity contribution in [2.75, 3.05) is 19.0 Å². The van der Waals surface area contributed by atoms with Crippen LogP contribution in [0.1, 0.15) is 22.3 Å². The predicted octanol–water partition coefficient (Wildman–Crippen LogP) is 2.35. The lowest BCUT2D eigenvalue weighted by molar-refractivity contribution is -0.116. The molecule has 124 valence electrons. The quantitative estimate of drug-likeness (QED) is 0.904. The molecule has 2 N–H and O–H groups in total. The predicted molar refractivity (Wildman–Crippen MR) is 89.3 cm³/mol. The number of carbonyl (C=O) groups is 2. The number of carbonyl (C=O) groups excluding carboxylic acids is 2. The molecular formula is C18H18N2O4. The molecule has 0 saturated carbocycles. The molecule has 0 unspecified atom stereocenters. The molecule has 1 aliphatic heterocycles. The van der Waals surface area contributed by atoms with Crippen LogP contribution in [0.15, 0.2) is 42.5 Å². The Hall–Kier alpha value is -3.02. The number of anilines is 1. The maximum Gasteiger partial charge on any atom is 0.251 e. The van der Waals surface area contributed by atoms with E-state index in [1.54, 1.807) is 25.3 Å². The Morgan fingerprint density at radius 2 is 2.12 bits per heavy atom. The van der Waals surface area contributed by atoms with Gasteiger partial charge < -0.3 is 20.1 Å². The van der Waals surface area contributed by atoms with Crippen LogP contribution in [0.3, 0.4) is 0 Å². The molecule has 0 bridgehead atoms. The minimum atomic E-state index is -0.234. The van der Waals surface area contributed by atoms with E-state index in [9.17, 15) is 9.59 Å². The fourth-order valence-corrected chi connectivity index (χ4v) is 2.49. The molecule has 24 heavy (non-hydrogen) atoms. The Morgan fingerprint density at radius 3 is 2.96 bits per heavy atom. The van der Waals surface area contributed by atoms with Crippen molar-refractivity contribution in [3.63, 3.8) is 0 Å². The Bertz CT molecular complexity index is 773. The number of amides is 2. The monoisotopic (exact) mass is 326 g/mol. The largest absolute Gasteiger partial charge is 0.496 e. The van der Waals surface area contributed by atoms with Gasteiger partial charge in [-0.15, -0.1) is 0 Å². The van der Waals surface area contributed by atoms with E-state index >= 15 is 0 Å². The van der Waals surface area contributed by atoms with E-state index in [1.165, 1.54) is 0 Å². The number of methoxy groups -OCH3 is 1. The minimum absolute atomic E-state index is 0.125. The number of hydrogen-bond acceptors (Lipinski definition) is 4. The fraction of sp³-hybridized carbons (Fsp3) is 0.222. The van der Waals surface area contributed by atoms with E-state index in [-0.39, 0.29) is 11.8 Å². The average molecular weight is 326 g/mol. The summed E-state index contributed by atoms with van der Waals surface area (Å²) in [6.07, 6.45) is 0.296. The third-order valence-electron chi connectivity index (χ3n) is 3.73. The summed E-state index contributed by atoms with van der Waals surface area (Å²) in [4.78, 5) is 24.0. The highest BCUT2D eigenvalue weighted by Gasteiger charge is 2.16. The van der Waals surface area contributed by atoms with Crippen molar-refractivity contribution in [3.8, 4) is 11.5 Å². The molecule has 6 nitrogen and oxygen atoms in total. The lowest BCUT2D eigenvalue weighted by Crippen LogP contribution is -2.23. The van der Waals surface area contributed by atoms with Crippen LogP contribution in [0.25, 0.3) is 0 Å². The highest BCUT2D eigenvalue weighted by molar-refractivity contribution is 5.98. The van der Waals surface area contributed by atoms with Gasteiger partial charge in [0.15, 0.2) is 0 Å². The fourth-order valence-electron chi connectivity index (χ4n) is 2.49. The molecule has 0 saturated heterocycles. The first-order valence-electron chi connectivity index (χ1n) is 7.64. The number of hydrogen-bond donors (Lipinski definition) is 2. The molecule has 3 rings (SSSR count). The number of ether oxygens (including phenoxy) is 2. The number of rotatable bonds is 4. The molecule has 0 aromatic heterocycles. The molecule has 2 aromatic rings. The van der Waals surface area contributed by atoms with Crippen LogP contribution in [0, 0.1) is 0 Å². The molecule has 1 aliphatic rings. The molecule has 0 radical (unpaired) electrons. The smallest absolute Gasteiger partial charge is 0.251 e. The summed E-state index contributed by atoms with van der Waals surface area (Å²) >= 11 is 0. The lowest BCUT2D eigenvalue weighted by Gasteiger charge is -2.11. The molecule has 0 spiro atoms. The van der Waals surface area contributed by atoms with E-state index < -0.39 is 0 Å². The van der Waals surface area contributed by atoms with Crippen LogP contribution in [-0.2, 0) is 11.3 Å². The van der Waals surface area contributed by atoms with Crippen LogP contribution in [0.4, 0.5) is 5.69 Å². The van der Waals surface area contributed by atoms with Gasteiger partial charge in [-0.05, 0) is 24.3 Å². The van der Waals surface area contributed by atoms with Crippen LogP contribution in [0.5, 0.6) is 11.5 Å². The Balaban J connectivity index is 1.72. The van der Waals surface area contributed by atoms with Crippen molar-refractivity contribution in [2.45, 2.75) is 13.0 Å². The normalized spacial score (nSPS) is 13.1. The molecule has 0 fully saturated rings. The third kappa shape index (κ3) is 3.48. The second kappa shape index (κ2) is 7.04. The van der Waals surface area contributed by atoms with E-state index in [0.29, 0.717) is 36.6 Å². The van der Waals surface area contributed by atoms with E-state index in [1.807, 2.05) is 24.3 Å². The summed E-state index contributed by atoms with van der Waals surface area (Å²) in [5, 5.41) is 5.60. The van der Waals surface area contributed by atoms with E-state index in [2.05, 4.69) is 10.6 Å².